The van der Waals surface area contributed by atoms with E-state index in [1.807, 2.05) is 62.4 Å². The molecule has 144 valence electrons. The van der Waals surface area contributed by atoms with E-state index in [0.29, 0.717) is 11.1 Å². The van der Waals surface area contributed by atoms with Crippen LogP contribution in [0.3, 0.4) is 0 Å². The Morgan fingerprint density at radius 1 is 1.00 bits per heavy atom. The Morgan fingerprint density at radius 2 is 1.83 bits per heavy atom. The first-order valence-corrected chi connectivity index (χ1v) is 9.42. The maximum atomic E-state index is 13.3. The van der Waals surface area contributed by atoms with Gasteiger partial charge in [0.2, 0.25) is 0 Å². The zero-order valence-corrected chi connectivity index (χ0v) is 16.3. The molecule has 0 saturated heterocycles. The highest BCUT2D eigenvalue weighted by molar-refractivity contribution is 6.05. The molecule has 5 nitrogen and oxygen atoms in total. The third-order valence-electron chi connectivity index (χ3n) is 4.87. The number of pyridine rings is 2. The number of carbonyl (C=O) groups excluding carboxylic acids is 1. The predicted octanol–water partition coefficient (Wildman–Crippen LogP) is 4.39. The number of aromatic nitrogens is 2. The predicted molar refractivity (Wildman–Crippen MR) is 115 cm³/mol. The van der Waals surface area contributed by atoms with Crippen LogP contribution in [0, 0.1) is 13.8 Å². The van der Waals surface area contributed by atoms with Gasteiger partial charge in [-0.05, 0) is 66.8 Å². The molecule has 2 aromatic heterocycles. The molecule has 0 atom stereocenters. The number of carbonyl (C=O) groups is 1. The molecule has 4 aromatic rings. The van der Waals surface area contributed by atoms with E-state index < -0.39 is 0 Å². The highest BCUT2D eigenvalue weighted by Gasteiger charge is 2.20. The molecular formula is C24H21N3O2. The molecule has 0 aliphatic rings. The minimum atomic E-state index is -0.202. The maximum absolute atomic E-state index is 13.3. The molecule has 5 heteroatoms. The van der Waals surface area contributed by atoms with Gasteiger partial charge < -0.3 is 9.88 Å². The van der Waals surface area contributed by atoms with E-state index in [9.17, 15) is 9.59 Å². The fraction of sp³-hybridized carbons (Fsp3) is 0.125. The number of nitrogens with zero attached hydrogens (tertiary/aromatic N) is 2. The highest BCUT2D eigenvalue weighted by atomic mass is 16.2. The SMILES string of the molecule is Cc1cccc(N(Cc2cc3ccc(C)cc3[nH]c2=O)C(=O)c2cccnc2)c1. The van der Waals surface area contributed by atoms with Gasteiger partial charge in [-0.15, -0.1) is 0 Å². The average molecular weight is 383 g/mol. The van der Waals surface area contributed by atoms with E-state index in [2.05, 4.69) is 9.97 Å². The maximum Gasteiger partial charge on any atom is 0.260 e. The molecule has 0 aliphatic heterocycles. The van der Waals surface area contributed by atoms with E-state index in [1.54, 1.807) is 29.4 Å². The lowest BCUT2D eigenvalue weighted by molar-refractivity contribution is 0.0984. The lowest BCUT2D eigenvalue weighted by Crippen LogP contribution is -2.33. The summed E-state index contributed by atoms with van der Waals surface area (Å²) < 4.78 is 0. The van der Waals surface area contributed by atoms with E-state index in [0.717, 1.165) is 27.7 Å². The third-order valence-corrected chi connectivity index (χ3v) is 4.87. The smallest absolute Gasteiger partial charge is 0.260 e. The number of aromatic amines is 1. The Balaban J connectivity index is 1.79. The molecule has 0 unspecified atom stereocenters. The summed E-state index contributed by atoms with van der Waals surface area (Å²) in [5, 5.41) is 0.934. The molecule has 0 radical (unpaired) electrons. The third kappa shape index (κ3) is 3.94. The summed E-state index contributed by atoms with van der Waals surface area (Å²) in [6, 6.07) is 18.9. The summed E-state index contributed by atoms with van der Waals surface area (Å²) in [4.78, 5) is 34.6. The summed E-state index contributed by atoms with van der Waals surface area (Å²) in [5.41, 5.74) is 4.45. The first kappa shape index (κ1) is 18.6. The van der Waals surface area contributed by atoms with E-state index in [-0.39, 0.29) is 18.0 Å². The van der Waals surface area contributed by atoms with Gasteiger partial charge in [0.05, 0.1) is 12.1 Å². The fourth-order valence-corrected chi connectivity index (χ4v) is 3.37. The van der Waals surface area contributed by atoms with Crippen molar-refractivity contribution in [3.05, 3.63) is 106 Å². The number of H-pyrrole nitrogens is 1. The first-order chi connectivity index (χ1) is 14.0. The van der Waals surface area contributed by atoms with Crippen LogP contribution < -0.4 is 10.5 Å². The Bertz CT molecular complexity index is 1250. The molecule has 29 heavy (non-hydrogen) atoms. The molecule has 1 N–H and O–H groups in total. The van der Waals surface area contributed by atoms with Crippen LogP contribution in [0.5, 0.6) is 0 Å². The molecule has 2 aromatic carbocycles. The van der Waals surface area contributed by atoms with Gasteiger partial charge in [-0.3, -0.25) is 14.6 Å². The van der Waals surface area contributed by atoms with Crippen molar-refractivity contribution < 1.29 is 4.79 Å². The van der Waals surface area contributed by atoms with Gasteiger partial charge in [0.1, 0.15) is 0 Å². The largest absolute Gasteiger partial charge is 0.322 e. The van der Waals surface area contributed by atoms with Crippen LogP contribution in [0.1, 0.15) is 27.0 Å². The minimum Gasteiger partial charge on any atom is -0.322 e. The van der Waals surface area contributed by atoms with Gasteiger partial charge in [0, 0.05) is 29.2 Å². The first-order valence-electron chi connectivity index (χ1n) is 9.42. The van der Waals surface area contributed by atoms with Crippen molar-refractivity contribution in [2.45, 2.75) is 20.4 Å². The topological polar surface area (TPSA) is 66.1 Å². The van der Waals surface area contributed by atoms with Crippen LogP contribution >= 0.6 is 0 Å². The van der Waals surface area contributed by atoms with Crippen LogP contribution in [0.2, 0.25) is 0 Å². The second kappa shape index (κ2) is 7.72. The molecule has 2 heterocycles. The van der Waals surface area contributed by atoms with Gasteiger partial charge in [-0.25, -0.2) is 0 Å². The van der Waals surface area contributed by atoms with Gasteiger partial charge in [-0.1, -0.05) is 24.3 Å². The Hall–Kier alpha value is -3.73. The Kier molecular flexibility index (Phi) is 4.96. The fourth-order valence-electron chi connectivity index (χ4n) is 3.37. The van der Waals surface area contributed by atoms with Crippen molar-refractivity contribution in [2.24, 2.45) is 0 Å². The van der Waals surface area contributed by atoms with Crippen LogP contribution in [-0.2, 0) is 6.54 Å². The zero-order chi connectivity index (χ0) is 20.4. The van der Waals surface area contributed by atoms with Gasteiger partial charge in [-0.2, -0.15) is 0 Å². The number of hydrogen-bond donors (Lipinski definition) is 1. The lowest BCUT2D eigenvalue weighted by Gasteiger charge is -2.23. The van der Waals surface area contributed by atoms with Gasteiger partial charge in [0.15, 0.2) is 0 Å². The summed E-state index contributed by atoms with van der Waals surface area (Å²) >= 11 is 0. The number of anilines is 1. The molecule has 0 aliphatic carbocycles. The monoisotopic (exact) mass is 383 g/mol. The highest BCUT2D eigenvalue weighted by Crippen LogP contribution is 2.22. The number of amides is 1. The summed E-state index contributed by atoms with van der Waals surface area (Å²) in [7, 11) is 0. The average Bonchev–Trinajstić information content (AvgIpc) is 2.72. The molecule has 0 saturated carbocycles. The van der Waals surface area contributed by atoms with Crippen LogP contribution in [0.4, 0.5) is 5.69 Å². The van der Waals surface area contributed by atoms with Crippen molar-refractivity contribution in [3.8, 4) is 0 Å². The number of benzene rings is 2. The van der Waals surface area contributed by atoms with Crippen molar-refractivity contribution in [1.29, 1.82) is 0 Å². The van der Waals surface area contributed by atoms with Gasteiger partial charge in [0.25, 0.3) is 11.5 Å². The lowest BCUT2D eigenvalue weighted by atomic mass is 10.1. The Morgan fingerprint density at radius 3 is 2.59 bits per heavy atom. The van der Waals surface area contributed by atoms with E-state index in [4.69, 9.17) is 0 Å². The number of rotatable bonds is 4. The van der Waals surface area contributed by atoms with Crippen LogP contribution in [0.15, 0.2) is 77.9 Å². The molecule has 0 spiro atoms. The minimum absolute atomic E-state index is 0.163. The van der Waals surface area contributed by atoms with Crippen LogP contribution in [-0.4, -0.2) is 15.9 Å². The van der Waals surface area contributed by atoms with Crippen molar-refractivity contribution in [2.75, 3.05) is 4.90 Å². The quantitative estimate of drug-likeness (QED) is 0.568. The van der Waals surface area contributed by atoms with Crippen LogP contribution in [0.25, 0.3) is 10.9 Å². The normalized spacial score (nSPS) is 10.8. The van der Waals surface area contributed by atoms with Crippen molar-refractivity contribution in [1.82, 2.24) is 9.97 Å². The van der Waals surface area contributed by atoms with E-state index >= 15 is 0 Å². The van der Waals surface area contributed by atoms with E-state index in [1.165, 1.54) is 0 Å². The molecule has 0 fully saturated rings. The summed E-state index contributed by atoms with van der Waals surface area (Å²) in [6.07, 6.45) is 3.17. The molecule has 1 amide bonds. The van der Waals surface area contributed by atoms with Gasteiger partial charge >= 0.3 is 0 Å². The Labute approximate surface area is 168 Å². The molecule has 0 bridgehead atoms. The molecular weight excluding hydrogens is 362 g/mol. The van der Waals surface area contributed by atoms with Crippen molar-refractivity contribution in [3.63, 3.8) is 0 Å². The van der Waals surface area contributed by atoms with Crippen molar-refractivity contribution >= 4 is 22.5 Å². The number of hydrogen-bond acceptors (Lipinski definition) is 3. The zero-order valence-electron chi connectivity index (χ0n) is 16.3. The summed E-state index contributed by atoms with van der Waals surface area (Å²) in [6.45, 7) is 4.12. The number of aryl methyl sites for hydroxylation is 2. The number of nitrogens with one attached hydrogen (secondary N) is 1. The standard InChI is InChI=1S/C24H21N3O2/c1-16-5-3-7-21(11-16)27(24(29)19-6-4-10-25-14-19)15-20-13-18-9-8-17(2)12-22(18)26-23(20)28/h3-14H,15H2,1-2H3,(H,26,28). The second-order valence-corrected chi connectivity index (χ2v) is 7.19. The summed E-state index contributed by atoms with van der Waals surface area (Å²) in [5.74, 6) is -0.202. The number of fused-ring (bicyclic) bond motifs is 1. The second-order valence-electron chi connectivity index (χ2n) is 7.19. The molecule has 4 rings (SSSR count).